The van der Waals surface area contributed by atoms with Gasteiger partial charge in [0.2, 0.25) is 0 Å². The van der Waals surface area contributed by atoms with Crippen LogP contribution in [0.15, 0.2) is 0 Å². The molecule has 16 heavy (non-hydrogen) atoms. The van der Waals surface area contributed by atoms with E-state index < -0.39 is 12.1 Å². The molecule has 0 radical (unpaired) electrons. The normalized spacial score (nSPS) is 17.4. The van der Waals surface area contributed by atoms with Crippen molar-refractivity contribution in [1.82, 2.24) is 10.4 Å². The Morgan fingerprint density at radius 1 is 1.44 bits per heavy atom. The summed E-state index contributed by atoms with van der Waals surface area (Å²) in [6.07, 6.45) is 0.223. The Labute approximate surface area is 94.8 Å². The fourth-order valence-corrected chi connectivity index (χ4v) is 1.48. The zero-order valence-electron chi connectivity index (χ0n) is 9.86. The lowest BCUT2D eigenvalue weighted by atomic mass is 10.0. The van der Waals surface area contributed by atoms with Crippen molar-refractivity contribution in [2.45, 2.75) is 26.3 Å². The van der Waals surface area contributed by atoms with Crippen LogP contribution in [0.3, 0.4) is 0 Å². The van der Waals surface area contributed by atoms with Gasteiger partial charge in [-0.25, -0.2) is 9.86 Å². The molecule has 0 aromatic carbocycles. The van der Waals surface area contributed by atoms with Crippen LogP contribution in [-0.4, -0.2) is 43.4 Å². The first-order chi connectivity index (χ1) is 7.56. The Bertz CT molecular complexity index is 262. The van der Waals surface area contributed by atoms with Crippen molar-refractivity contribution in [3.05, 3.63) is 0 Å². The smallest absolute Gasteiger partial charge is 0.407 e. The minimum atomic E-state index is -0.606. The molecule has 1 aliphatic heterocycles. The number of alkyl carbamates (subject to hydrolysis) is 1. The quantitative estimate of drug-likeness (QED) is 0.768. The number of hydrogen-bond donors (Lipinski definition) is 1. The molecule has 1 heterocycles. The number of ether oxygens (including phenoxy) is 1. The second-order valence-electron chi connectivity index (χ2n) is 3.98. The van der Waals surface area contributed by atoms with Gasteiger partial charge in [-0.1, -0.05) is 13.8 Å². The first-order valence-electron chi connectivity index (χ1n) is 5.35. The van der Waals surface area contributed by atoms with Gasteiger partial charge in [-0.2, -0.15) is 0 Å². The molecule has 0 spiro atoms. The zero-order valence-corrected chi connectivity index (χ0v) is 9.86. The second-order valence-corrected chi connectivity index (χ2v) is 3.98. The molecule has 0 unspecified atom stereocenters. The summed E-state index contributed by atoms with van der Waals surface area (Å²) < 4.78 is 4.48. The molecule has 2 amide bonds. The Hall–Kier alpha value is -1.30. The molecule has 1 rings (SSSR count). The third-order valence-corrected chi connectivity index (χ3v) is 2.39. The lowest BCUT2D eigenvalue weighted by Gasteiger charge is -2.24. The van der Waals surface area contributed by atoms with Gasteiger partial charge in [0.25, 0.3) is 5.91 Å². The number of nitrogens with zero attached hydrogens (tertiary/aromatic N) is 1. The van der Waals surface area contributed by atoms with Gasteiger partial charge in [-0.3, -0.25) is 9.63 Å². The summed E-state index contributed by atoms with van der Waals surface area (Å²) in [6.45, 7) is 4.84. The molecule has 6 nitrogen and oxygen atoms in total. The Morgan fingerprint density at radius 2 is 2.12 bits per heavy atom. The maximum atomic E-state index is 12.0. The standard InChI is InChI=1S/C10H18N2O4/c1-7(2)8(11-10(14)15-3)9(13)12-5-4-6-16-12/h7-8H,4-6H2,1-3H3,(H,11,14)/t8-/m0/s1. The first-order valence-corrected chi connectivity index (χ1v) is 5.35. The summed E-state index contributed by atoms with van der Waals surface area (Å²) in [5.74, 6) is -0.242. The van der Waals surface area contributed by atoms with Crippen LogP contribution in [0.1, 0.15) is 20.3 Å². The topological polar surface area (TPSA) is 67.9 Å². The first kappa shape index (κ1) is 12.8. The number of hydroxylamine groups is 2. The van der Waals surface area contributed by atoms with Crippen molar-refractivity contribution >= 4 is 12.0 Å². The zero-order chi connectivity index (χ0) is 12.1. The van der Waals surface area contributed by atoms with Crippen LogP contribution in [0, 0.1) is 5.92 Å². The van der Waals surface area contributed by atoms with Gasteiger partial charge in [0.05, 0.1) is 20.3 Å². The van der Waals surface area contributed by atoms with Crippen molar-refractivity contribution in [2.24, 2.45) is 5.92 Å². The number of hydrogen-bond acceptors (Lipinski definition) is 4. The number of carbonyl (C=O) groups excluding carboxylic acids is 2. The highest BCUT2D eigenvalue weighted by Crippen LogP contribution is 2.11. The number of amides is 2. The van der Waals surface area contributed by atoms with Crippen molar-refractivity contribution < 1.29 is 19.2 Å². The van der Waals surface area contributed by atoms with Crippen molar-refractivity contribution in [1.29, 1.82) is 0 Å². The predicted octanol–water partition coefficient (Wildman–Crippen LogP) is 0.531. The van der Waals surface area contributed by atoms with Crippen molar-refractivity contribution in [3.63, 3.8) is 0 Å². The summed E-state index contributed by atoms with van der Waals surface area (Å²) in [6, 6.07) is -0.606. The third-order valence-electron chi connectivity index (χ3n) is 2.39. The van der Waals surface area contributed by atoms with Crippen LogP contribution in [-0.2, 0) is 14.4 Å². The Kier molecular flexibility index (Phi) is 4.54. The maximum absolute atomic E-state index is 12.0. The molecular weight excluding hydrogens is 212 g/mol. The molecule has 0 saturated carbocycles. The summed E-state index contributed by atoms with van der Waals surface area (Å²) in [7, 11) is 1.27. The summed E-state index contributed by atoms with van der Waals surface area (Å²) in [5.41, 5.74) is 0. The Morgan fingerprint density at radius 3 is 2.56 bits per heavy atom. The van der Waals surface area contributed by atoms with E-state index in [0.29, 0.717) is 13.2 Å². The third kappa shape index (κ3) is 3.10. The maximum Gasteiger partial charge on any atom is 0.407 e. The average molecular weight is 230 g/mol. The van der Waals surface area contributed by atoms with Crippen LogP contribution in [0.25, 0.3) is 0 Å². The number of rotatable bonds is 3. The minimum absolute atomic E-state index is 0.0178. The van der Waals surface area contributed by atoms with Gasteiger partial charge >= 0.3 is 6.09 Å². The van der Waals surface area contributed by atoms with Crippen LogP contribution in [0.2, 0.25) is 0 Å². The van der Waals surface area contributed by atoms with E-state index in [1.807, 2.05) is 13.8 Å². The fourth-order valence-electron chi connectivity index (χ4n) is 1.48. The molecule has 0 aromatic heterocycles. The largest absolute Gasteiger partial charge is 0.453 e. The van der Waals surface area contributed by atoms with Gasteiger partial charge < -0.3 is 10.1 Å². The monoisotopic (exact) mass is 230 g/mol. The number of carbonyl (C=O) groups is 2. The molecule has 1 N–H and O–H groups in total. The molecule has 92 valence electrons. The van der Waals surface area contributed by atoms with Gasteiger partial charge in [-0.05, 0) is 12.3 Å². The van der Waals surface area contributed by atoms with Gasteiger partial charge in [0.1, 0.15) is 6.04 Å². The van der Waals surface area contributed by atoms with E-state index in [-0.39, 0.29) is 11.8 Å². The SMILES string of the molecule is COC(=O)N[C@H](C(=O)N1CCCO1)C(C)C. The molecular formula is C10H18N2O4. The molecule has 1 atom stereocenters. The summed E-state index contributed by atoms with van der Waals surface area (Å²) in [5, 5.41) is 3.82. The van der Waals surface area contributed by atoms with Crippen LogP contribution >= 0.6 is 0 Å². The minimum Gasteiger partial charge on any atom is -0.453 e. The van der Waals surface area contributed by atoms with Gasteiger partial charge in [0.15, 0.2) is 0 Å². The highest BCUT2D eigenvalue weighted by atomic mass is 16.7. The van der Waals surface area contributed by atoms with Crippen molar-refractivity contribution in [2.75, 3.05) is 20.3 Å². The lowest BCUT2D eigenvalue weighted by Crippen LogP contribution is -2.50. The van der Waals surface area contributed by atoms with E-state index in [0.717, 1.165) is 6.42 Å². The van der Waals surface area contributed by atoms with E-state index in [1.165, 1.54) is 12.2 Å². The molecule has 0 aliphatic carbocycles. The fraction of sp³-hybridized carbons (Fsp3) is 0.800. The number of methoxy groups -OCH3 is 1. The predicted molar refractivity (Wildman–Crippen MR) is 56.4 cm³/mol. The number of nitrogens with one attached hydrogen (secondary N) is 1. The summed E-state index contributed by atoms with van der Waals surface area (Å²) in [4.78, 5) is 28.2. The lowest BCUT2D eigenvalue weighted by molar-refractivity contribution is -0.172. The van der Waals surface area contributed by atoms with Crippen LogP contribution in [0.4, 0.5) is 4.79 Å². The molecule has 1 aliphatic rings. The molecule has 1 fully saturated rings. The van der Waals surface area contributed by atoms with Crippen molar-refractivity contribution in [3.8, 4) is 0 Å². The highest BCUT2D eigenvalue weighted by molar-refractivity contribution is 5.85. The molecule has 0 aromatic rings. The van der Waals surface area contributed by atoms with E-state index >= 15 is 0 Å². The van der Waals surface area contributed by atoms with Gasteiger partial charge in [-0.15, -0.1) is 0 Å². The van der Waals surface area contributed by atoms with E-state index in [9.17, 15) is 9.59 Å². The van der Waals surface area contributed by atoms with E-state index in [2.05, 4.69) is 10.1 Å². The molecule has 1 saturated heterocycles. The van der Waals surface area contributed by atoms with Crippen LogP contribution in [0.5, 0.6) is 0 Å². The highest BCUT2D eigenvalue weighted by Gasteiger charge is 2.31. The van der Waals surface area contributed by atoms with Gasteiger partial charge in [0, 0.05) is 0 Å². The average Bonchev–Trinajstić information content (AvgIpc) is 2.77. The van der Waals surface area contributed by atoms with E-state index in [4.69, 9.17) is 4.84 Å². The van der Waals surface area contributed by atoms with Crippen LogP contribution < -0.4 is 5.32 Å². The molecule has 6 heteroatoms. The molecule has 0 bridgehead atoms. The van der Waals surface area contributed by atoms with E-state index in [1.54, 1.807) is 0 Å². The Balaban J connectivity index is 2.61. The second kappa shape index (κ2) is 5.69. The summed E-state index contributed by atoms with van der Waals surface area (Å²) >= 11 is 0.